The van der Waals surface area contributed by atoms with Crippen molar-refractivity contribution in [2.24, 2.45) is 0 Å². The fraction of sp³-hybridized carbons (Fsp3) is 0.0833. The molecule has 2 aromatic carbocycles. The molecule has 0 spiro atoms. The van der Waals surface area contributed by atoms with E-state index in [2.05, 4.69) is 0 Å². The van der Waals surface area contributed by atoms with Crippen molar-refractivity contribution >= 4 is 17.2 Å². The van der Waals surface area contributed by atoms with E-state index in [0.717, 1.165) is 16.5 Å². The van der Waals surface area contributed by atoms with Crippen LogP contribution in [0.1, 0.15) is 0 Å². The van der Waals surface area contributed by atoms with Crippen molar-refractivity contribution in [2.75, 3.05) is 7.11 Å². The van der Waals surface area contributed by atoms with Gasteiger partial charge in [-0.2, -0.15) is 0 Å². The summed E-state index contributed by atoms with van der Waals surface area (Å²) in [5, 5.41) is 2.06. The molecule has 76 valence electrons. The largest absolute Gasteiger partial charge is 0.497 e. The van der Waals surface area contributed by atoms with Crippen LogP contribution in [-0.2, 0) is 4.79 Å². The Morgan fingerprint density at radius 2 is 1.60 bits per heavy atom. The molecule has 0 radical (unpaired) electrons. The average Bonchev–Trinajstić information content (AvgIpc) is 2.29. The molecule has 3 nitrogen and oxygen atoms in total. The van der Waals surface area contributed by atoms with Gasteiger partial charge in [0.2, 0.25) is 0 Å². The second-order valence-electron chi connectivity index (χ2n) is 3.09. The minimum atomic E-state index is 0.421. The third kappa shape index (κ3) is 1.91. The first-order chi connectivity index (χ1) is 7.33. The fourth-order valence-corrected chi connectivity index (χ4v) is 1.46. The quantitative estimate of drug-likeness (QED) is 0.717. The van der Waals surface area contributed by atoms with Crippen molar-refractivity contribution in [2.45, 2.75) is 0 Å². The van der Waals surface area contributed by atoms with Gasteiger partial charge in [-0.15, -0.1) is 0 Å². The van der Waals surface area contributed by atoms with Crippen LogP contribution in [0.3, 0.4) is 0 Å². The second kappa shape index (κ2) is 4.00. The van der Waals surface area contributed by atoms with Crippen LogP contribution in [0.4, 0.5) is 0 Å². The van der Waals surface area contributed by atoms with Crippen molar-refractivity contribution < 1.29 is 14.3 Å². The molecular weight excluding hydrogens is 192 g/mol. The lowest BCUT2D eigenvalue weighted by atomic mass is 10.1. The molecule has 0 saturated heterocycles. The first kappa shape index (κ1) is 9.52. The summed E-state index contributed by atoms with van der Waals surface area (Å²) < 4.78 is 9.87. The van der Waals surface area contributed by atoms with Crippen LogP contribution < -0.4 is 9.47 Å². The van der Waals surface area contributed by atoms with E-state index in [1.54, 1.807) is 13.2 Å². The van der Waals surface area contributed by atoms with Gasteiger partial charge in [0.25, 0.3) is 6.47 Å². The molecule has 0 saturated carbocycles. The number of benzene rings is 2. The van der Waals surface area contributed by atoms with Gasteiger partial charge in [-0.05, 0) is 35.0 Å². The SMILES string of the molecule is COc1ccc2cc(OC=O)ccc2c1. The highest BCUT2D eigenvalue weighted by Gasteiger charge is 1.98. The normalized spacial score (nSPS) is 9.93. The Morgan fingerprint density at radius 3 is 2.20 bits per heavy atom. The summed E-state index contributed by atoms with van der Waals surface area (Å²) in [5.74, 6) is 1.36. The molecule has 15 heavy (non-hydrogen) atoms. The first-order valence-corrected chi connectivity index (χ1v) is 4.51. The number of fused-ring (bicyclic) bond motifs is 1. The molecule has 0 unspecified atom stereocenters. The molecule has 0 aliphatic carbocycles. The van der Waals surface area contributed by atoms with E-state index < -0.39 is 0 Å². The van der Waals surface area contributed by atoms with E-state index in [1.807, 2.05) is 30.3 Å². The molecule has 0 heterocycles. The zero-order chi connectivity index (χ0) is 10.7. The Balaban J connectivity index is 2.49. The lowest BCUT2D eigenvalue weighted by Gasteiger charge is -2.03. The van der Waals surface area contributed by atoms with Gasteiger partial charge in [0.1, 0.15) is 11.5 Å². The molecule has 0 N–H and O–H groups in total. The molecule has 0 fully saturated rings. The van der Waals surface area contributed by atoms with Gasteiger partial charge in [0.05, 0.1) is 7.11 Å². The molecule has 2 rings (SSSR count). The highest BCUT2D eigenvalue weighted by Crippen LogP contribution is 2.24. The maximum Gasteiger partial charge on any atom is 0.298 e. The number of rotatable bonds is 3. The van der Waals surface area contributed by atoms with E-state index in [-0.39, 0.29) is 0 Å². The van der Waals surface area contributed by atoms with Gasteiger partial charge in [-0.1, -0.05) is 12.1 Å². The summed E-state index contributed by atoms with van der Waals surface area (Å²) in [6, 6.07) is 11.2. The van der Waals surface area contributed by atoms with E-state index in [0.29, 0.717) is 12.2 Å². The molecule has 0 amide bonds. The van der Waals surface area contributed by atoms with Crippen molar-refractivity contribution in [3.63, 3.8) is 0 Å². The smallest absolute Gasteiger partial charge is 0.298 e. The van der Waals surface area contributed by atoms with Crippen LogP contribution in [-0.4, -0.2) is 13.6 Å². The zero-order valence-corrected chi connectivity index (χ0v) is 8.27. The van der Waals surface area contributed by atoms with Gasteiger partial charge in [-0.25, -0.2) is 0 Å². The molecule has 0 bridgehead atoms. The first-order valence-electron chi connectivity index (χ1n) is 4.51. The van der Waals surface area contributed by atoms with E-state index >= 15 is 0 Å². The van der Waals surface area contributed by atoms with Gasteiger partial charge in [0, 0.05) is 0 Å². The molecular formula is C12H10O3. The van der Waals surface area contributed by atoms with E-state index in [9.17, 15) is 4.79 Å². The van der Waals surface area contributed by atoms with Crippen LogP contribution in [0.25, 0.3) is 10.8 Å². The summed E-state index contributed by atoms with van der Waals surface area (Å²) in [6.45, 7) is 0.421. The summed E-state index contributed by atoms with van der Waals surface area (Å²) in [4.78, 5) is 10.2. The zero-order valence-electron chi connectivity index (χ0n) is 8.27. The molecule has 2 aromatic rings. The Hall–Kier alpha value is -2.03. The Kier molecular flexibility index (Phi) is 2.54. The highest BCUT2D eigenvalue weighted by molar-refractivity contribution is 5.85. The molecule has 0 aromatic heterocycles. The van der Waals surface area contributed by atoms with Crippen LogP contribution in [0.2, 0.25) is 0 Å². The molecule has 3 heteroatoms. The number of ether oxygens (including phenoxy) is 2. The van der Waals surface area contributed by atoms with Crippen molar-refractivity contribution in [3.05, 3.63) is 36.4 Å². The number of carbonyl (C=O) groups is 1. The number of hydrogen-bond donors (Lipinski definition) is 0. The predicted molar refractivity (Wildman–Crippen MR) is 57.2 cm³/mol. The number of hydrogen-bond acceptors (Lipinski definition) is 3. The minimum absolute atomic E-state index is 0.421. The summed E-state index contributed by atoms with van der Waals surface area (Å²) in [7, 11) is 1.63. The lowest BCUT2D eigenvalue weighted by molar-refractivity contribution is -0.120. The minimum Gasteiger partial charge on any atom is -0.497 e. The van der Waals surface area contributed by atoms with Gasteiger partial charge in [0.15, 0.2) is 0 Å². The van der Waals surface area contributed by atoms with Crippen LogP contribution in [0.5, 0.6) is 11.5 Å². The Morgan fingerprint density at radius 1 is 1.00 bits per heavy atom. The van der Waals surface area contributed by atoms with Crippen LogP contribution in [0, 0.1) is 0 Å². The molecule has 0 atom stereocenters. The maximum absolute atomic E-state index is 10.2. The Bertz CT molecular complexity index is 491. The third-order valence-corrected chi connectivity index (χ3v) is 2.20. The van der Waals surface area contributed by atoms with E-state index in [1.165, 1.54) is 0 Å². The monoisotopic (exact) mass is 202 g/mol. The second-order valence-corrected chi connectivity index (χ2v) is 3.09. The van der Waals surface area contributed by atoms with E-state index in [4.69, 9.17) is 9.47 Å². The van der Waals surface area contributed by atoms with Crippen molar-refractivity contribution in [1.82, 2.24) is 0 Å². The topological polar surface area (TPSA) is 35.5 Å². The fourth-order valence-electron chi connectivity index (χ4n) is 1.46. The number of methoxy groups -OCH3 is 1. The Labute approximate surface area is 87.2 Å². The highest BCUT2D eigenvalue weighted by atomic mass is 16.5. The third-order valence-electron chi connectivity index (χ3n) is 2.20. The summed E-state index contributed by atoms with van der Waals surface area (Å²) in [6.07, 6.45) is 0. The molecule has 0 aliphatic rings. The molecule has 0 aliphatic heterocycles. The maximum atomic E-state index is 10.2. The van der Waals surface area contributed by atoms with Crippen LogP contribution in [0.15, 0.2) is 36.4 Å². The summed E-state index contributed by atoms with van der Waals surface area (Å²) >= 11 is 0. The standard InChI is InChI=1S/C12H10O3/c1-14-11-4-2-10-7-12(15-8-13)5-3-9(10)6-11/h2-8H,1H3. The summed E-state index contributed by atoms with van der Waals surface area (Å²) in [5.41, 5.74) is 0. The van der Waals surface area contributed by atoms with Gasteiger partial charge in [-0.3, -0.25) is 4.79 Å². The van der Waals surface area contributed by atoms with Gasteiger partial charge < -0.3 is 9.47 Å². The van der Waals surface area contributed by atoms with Crippen LogP contribution >= 0.6 is 0 Å². The lowest BCUT2D eigenvalue weighted by Crippen LogP contribution is -1.88. The average molecular weight is 202 g/mol. The predicted octanol–water partition coefficient (Wildman–Crippen LogP) is 2.38. The van der Waals surface area contributed by atoms with Gasteiger partial charge >= 0.3 is 0 Å². The number of carbonyl (C=O) groups excluding carboxylic acids is 1. The van der Waals surface area contributed by atoms with Crippen molar-refractivity contribution in [3.8, 4) is 11.5 Å². The van der Waals surface area contributed by atoms with Crippen molar-refractivity contribution in [1.29, 1.82) is 0 Å².